The van der Waals surface area contributed by atoms with Gasteiger partial charge in [-0.15, -0.1) is 0 Å². The Morgan fingerprint density at radius 2 is 2.00 bits per heavy atom. The van der Waals surface area contributed by atoms with E-state index in [1.807, 2.05) is 0 Å². The normalized spacial score (nSPS) is 20.0. The van der Waals surface area contributed by atoms with Crippen LogP contribution in [0.25, 0.3) is 0 Å². The van der Waals surface area contributed by atoms with Crippen LogP contribution in [0.5, 0.6) is 11.5 Å². The maximum absolute atomic E-state index is 8.84. The van der Waals surface area contributed by atoms with E-state index in [-0.39, 0.29) is 5.41 Å². The van der Waals surface area contributed by atoms with E-state index in [9.17, 15) is 0 Å². The van der Waals surface area contributed by atoms with Crippen molar-refractivity contribution in [3.63, 3.8) is 0 Å². The zero-order valence-electron chi connectivity index (χ0n) is 8.62. The molecule has 0 bridgehead atoms. The highest BCUT2D eigenvalue weighted by Gasteiger charge is 2.46. The van der Waals surface area contributed by atoms with Crippen LogP contribution in [-0.4, -0.2) is 13.2 Å². The Morgan fingerprint density at radius 3 is 2.69 bits per heavy atom. The lowest BCUT2D eigenvalue weighted by Crippen LogP contribution is -2.17. The van der Waals surface area contributed by atoms with E-state index in [4.69, 9.17) is 26.3 Å². The highest BCUT2D eigenvalue weighted by atomic mass is 35.5. The summed E-state index contributed by atoms with van der Waals surface area (Å²) in [5.74, 6) is 1.16. The summed E-state index contributed by atoms with van der Waals surface area (Å²) in [5, 5.41) is 9.29. The van der Waals surface area contributed by atoms with Gasteiger partial charge < -0.3 is 9.47 Å². The van der Waals surface area contributed by atoms with Crippen molar-refractivity contribution in [2.45, 2.75) is 12.8 Å². The minimum Gasteiger partial charge on any atom is -0.489 e. The lowest BCUT2D eigenvalue weighted by molar-refractivity contribution is 0.197. The number of nitriles is 1. The molecule has 1 heterocycles. The summed E-state index contributed by atoms with van der Waals surface area (Å²) in [5.41, 5.74) is 0.689. The van der Waals surface area contributed by atoms with Crippen LogP contribution in [0.3, 0.4) is 0 Å². The lowest BCUT2D eigenvalue weighted by atomic mass is 10.1. The number of rotatable bonds is 0. The molecule has 3 rings (SSSR count). The van der Waals surface area contributed by atoms with Gasteiger partial charge in [0.2, 0.25) is 0 Å². The average molecular weight is 236 g/mol. The van der Waals surface area contributed by atoms with Gasteiger partial charge in [0.15, 0.2) is 11.5 Å². The predicted molar refractivity (Wildman–Crippen MR) is 58.8 cm³/mol. The van der Waals surface area contributed by atoms with Gasteiger partial charge >= 0.3 is 0 Å². The Bertz CT molecular complexity index is 489. The fourth-order valence-corrected chi connectivity index (χ4v) is 2.11. The first-order chi connectivity index (χ1) is 7.72. The Hall–Kier alpha value is -1.40. The number of hydrogen-bond donors (Lipinski definition) is 0. The summed E-state index contributed by atoms with van der Waals surface area (Å²) in [6, 6.07) is 5.34. The van der Waals surface area contributed by atoms with E-state index < -0.39 is 0 Å². The largest absolute Gasteiger partial charge is 0.489 e. The van der Waals surface area contributed by atoms with Gasteiger partial charge in [-0.25, -0.2) is 0 Å². The van der Waals surface area contributed by atoms with Crippen LogP contribution >= 0.6 is 11.6 Å². The molecule has 16 heavy (non-hydrogen) atoms. The van der Waals surface area contributed by atoms with Crippen LogP contribution in [0.2, 0.25) is 5.02 Å². The molecule has 0 N–H and O–H groups in total. The number of hydrogen-bond acceptors (Lipinski definition) is 3. The first kappa shape index (κ1) is 9.80. The molecule has 1 aromatic carbocycles. The second kappa shape index (κ2) is 3.29. The monoisotopic (exact) mass is 235 g/mol. The van der Waals surface area contributed by atoms with E-state index in [2.05, 4.69) is 6.07 Å². The van der Waals surface area contributed by atoms with E-state index >= 15 is 0 Å². The van der Waals surface area contributed by atoms with Crippen LogP contribution in [0, 0.1) is 16.7 Å². The van der Waals surface area contributed by atoms with E-state index in [0.29, 0.717) is 35.3 Å². The molecule has 1 aliphatic carbocycles. The molecular weight excluding hydrogens is 226 g/mol. The molecule has 1 spiro atoms. The first-order valence-corrected chi connectivity index (χ1v) is 5.60. The molecule has 1 aliphatic heterocycles. The molecule has 1 saturated carbocycles. The van der Waals surface area contributed by atoms with Crippen molar-refractivity contribution < 1.29 is 9.47 Å². The van der Waals surface area contributed by atoms with Crippen molar-refractivity contribution in [1.82, 2.24) is 0 Å². The van der Waals surface area contributed by atoms with Gasteiger partial charge in [0, 0.05) is 11.5 Å². The standard InChI is InChI=1S/C12H10ClNO2/c13-9-3-8(5-14)4-10-11(9)16-7-12(1-2-12)6-15-10/h3-4H,1-2,6-7H2. The average Bonchev–Trinajstić information content (AvgIpc) is 3.07. The number of benzene rings is 1. The van der Waals surface area contributed by atoms with Crippen LogP contribution in [0.1, 0.15) is 18.4 Å². The maximum Gasteiger partial charge on any atom is 0.179 e. The number of halogens is 1. The number of ether oxygens (including phenoxy) is 2. The van der Waals surface area contributed by atoms with Gasteiger partial charge in [-0.1, -0.05) is 11.6 Å². The molecule has 1 fully saturated rings. The molecule has 3 nitrogen and oxygen atoms in total. The van der Waals surface area contributed by atoms with Gasteiger partial charge in [0.25, 0.3) is 0 Å². The number of fused-ring (bicyclic) bond motifs is 1. The van der Waals surface area contributed by atoms with Crippen molar-refractivity contribution in [2.75, 3.05) is 13.2 Å². The lowest BCUT2D eigenvalue weighted by Gasteiger charge is -2.09. The summed E-state index contributed by atoms with van der Waals surface area (Å²) < 4.78 is 11.4. The smallest absolute Gasteiger partial charge is 0.179 e. The summed E-state index contributed by atoms with van der Waals surface area (Å²) in [6.45, 7) is 1.32. The van der Waals surface area contributed by atoms with Gasteiger partial charge in [-0.3, -0.25) is 0 Å². The fraction of sp³-hybridized carbons (Fsp3) is 0.417. The summed E-state index contributed by atoms with van der Waals surface area (Å²) >= 11 is 6.06. The molecule has 0 atom stereocenters. The van der Waals surface area contributed by atoms with Gasteiger partial charge in [-0.2, -0.15) is 5.26 Å². The fourth-order valence-electron chi connectivity index (χ4n) is 1.84. The van der Waals surface area contributed by atoms with Crippen LogP contribution in [-0.2, 0) is 0 Å². The van der Waals surface area contributed by atoms with Crippen molar-refractivity contribution >= 4 is 11.6 Å². The third kappa shape index (κ3) is 1.50. The van der Waals surface area contributed by atoms with Gasteiger partial charge in [0.05, 0.1) is 29.9 Å². The van der Waals surface area contributed by atoms with E-state index in [0.717, 1.165) is 12.8 Å². The molecule has 4 heteroatoms. The molecule has 0 unspecified atom stereocenters. The quantitative estimate of drug-likeness (QED) is 0.694. The highest BCUT2D eigenvalue weighted by Crippen LogP contribution is 2.50. The Labute approximate surface area is 98.5 Å². The summed E-state index contributed by atoms with van der Waals surface area (Å²) in [6.07, 6.45) is 2.29. The third-order valence-electron chi connectivity index (χ3n) is 3.15. The summed E-state index contributed by atoms with van der Waals surface area (Å²) in [7, 11) is 0. The molecule has 0 saturated heterocycles. The highest BCUT2D eigenvalue weighted by molar-refractivity contribution is 6.32. The molecule has 2 aliphatic rings. The Balaban J connectivity index is 2.01. The van der Waals surface area contributed by atoms with Gasteiger partial charge in [-0.05, 0) is 18.9 Å². The second-order valence-corrected chi connectivity index (χ2v) is 4.88. The van der Waals surface area contributed by atoms with E-state index in [1.54, 1.807) is 12.1 Å². The van der Waals surface area contributed by atoms with Crippen molar-refractivity contribution in [3.05, 3.63) is 22.7 Å². The van der Waals surface area contributed by atoms with Crippen molar-refractivity contribution in [1.29, 1.82) is 5.26 Å². The SMILES string of the molecule is N#Cc1cc(Cl)c2c(c1)OCC1(CC1)CO2. The molecule has 0 radical (unpaired) electrons. The zero-order chi connectivity index (χ0) is 11.2. The molecule has 1 aromatic rings. The second-order valence-electron chi connectivity index (χ2n) is 4.47. The van der Waals surface area contributed by atoms with Crippen LogP contribution in [0.4, 0.5) is 0 Å². The molecule has 0 aromatic heterocycles. The minimum atomic E-state index is 0.190. The van der Waals surface area contributed by atoms with Crippen LogP contribution < -0.4 is 9.47 Å². The molecule has 82 valence electrons. The number of nitrogens with zero attached hydrogens (tertiary/aromatic N) is 1. The maximum atomic E-state index is 8.84. The molecular formula is C12H10ClNO2. The minimum absolute atomic E-state index is 0.190. The molecule has 0 amide bonds. The van der Waals surface area contributed by atoms with Crippen molar-refractivity contribution in [2.24, 2.45) is 5.41 Å². The zero-order valence-corrected chi connectivity index (χ0v) is 9.38. The van der Waals surface area contributed by atoms with Crippen LogP contribution in [0.15, 0.2) is 12.1 Å². The Kier molecular flexibility index (Phi) is 2.02. The van der Waals surface area contributed by atoms with Gasteiger partial charge in [0.1, 0.15) is 0 Å². The summed E-state index contributed by atoms with van der Waals surface area (Å²) in [4.78, 5) is 0. The topological polar surface area (TPSA) is 42.2 Å². The predicted octanol–water partition coefficient (Wildman–Crippen LogP) is 2.76. The first-order valence-electron chi connectivity index (χ1n) is 5.22. The third-order valence-corrected chi connectivity index (χ3v) is 3.43. The van der Waals surface area contributed by atoms with E-state index in [1.165, 1.54) is 0 Å². The Morgan fingerprint density at radius 1 is 1.25 bits per heavy atom. The van der Waals surface area contributed by atoms with Crippen molar-refractivity contribution in [3.8, 4) is 17.6 Å².